The number of halogens is 1. The van der Waals surface area contributed by atoms with Crippen LogP contribution in [-0.4, -0.2) is 31.9 Å². The van der Waals surface area contributed by atoms with E-state index in [9.17, 15) is 0 Å². The molecule has 0 aromatic heterocycles. The van der Waals surface area contributed by atoms with Crippen molar-refractivity contribution in [2.75, 3.05) is 19.8 Å². The Bertz CT molecular complexity index is 338. The molecule has 1 heterocycles. The highest BCUT2D eigenvalue weighted by molar-refractivity contribution is 9.10. The molecule has 0 radical (unpaired) electrons. The first kappa shape index (κ1) is 11.9. The highest BCUT2D eigenvalue weighted by Crippen LogP contribution is 2.18. The zero-order valence-electron chi connectivity index (χ0n) is 9.28. The summed E-state index contributed by atoms with van der Waals surface area (Å²) >= 11 is 3.42. The average Bonchev–Trinajstić information content (AvgIpc) is 2.28. The van der Waals surface area contributed by atoms with E-state index in [1.54, 1.807) is 0 Å². The lowest BCUT2D eigenvalue weighted by Gasteiger charge is -2.28. The predicted molar refractivity (Wildman–Crippen MR) is 66.8 cm³/mol. The molecule has 2 rings (SSSR count). The summed E-state index contributed by atoms with van der Waals surface area (Å²) in [6.07, 6.45) is 0.308. The highest BCUT2D eigenvalue weighted by Gasteiger charge is 2.17. The van der Waals surface area contributed by atoms with Crippen molar-refractivity contribution >= 4 is 15.9 Å². The summed E-state index contributed by atoms with van der Waals surface area (Å²) in [5.74, 6) is 0.884. The SMILES string of the molecule is CC1CNC(COc2cccc(Br)c2)CO1. The second-order valence-electron chi connectivity index (χ2n) is 4.02. The van der Waals surface area contributed by atoms with Gasteiger partial charge in [-0.25, -0.2) is 0 Å². The molecule has 3 nitrogen and oxygen atoms in total. The van der Waals surface area contributed by atoms with Crippen molar-refractivity contribution in [1.82, 2.24) is 5.32 Å². The Hall–Kier alpha value is -0.580. The minimum Gasteiger partial charge on any atom is -0.492 e. The lowest BCUT2D eigenvalue weighted by atomic mass is 10.2. The number of ether oxygens (including phenoxy) is 2. The second-order valence-corrected chi connectivity index (χ2v) is 4.93. The molecule has 0 bridgehead atoms. The van der Waals surface area contributed by atoms with Crippen molar-refractivity contribution in [3.8, 4) is 5.75 Å². The van der Waals surface area contributed by atoms with Crippen LogP contribution in [0.15, 0.2) is 28.7 Å². The van der Waals surface area contributed by atoms with E-state index in [0.717, 1.165) is 23.4 Å². The van der Waals surface area contributed by atoms with Gasteiger partial charge in [-0.2, -0.15) is 0 Å². The second kappa shape index (κ2) is 5.66. The first-order valence-electron chi connectivity index (χ1n) is 5.47. The maximum atomic E-state index is 5.69. The molecule has 0 saturated carbocycles. The van der Waals surface area contributed by atoms with Crippen molar-refractivity contribution in [2.45, 2.75) is 19.1 Å². The summed E-state index contributed by atoms with van der Waals surface area (Å²) in [5, 5.41) is 3.39. The minimum atomic E-state index is 0.287. The molecule has 1 aliphatic heterocycles. The van der Waals surface area contributed by atoms with E-state index in [0.29, 0.717) is 12.7 Å². The fourth-order valence-electron chi connectivity index (χ4n) is 1.59. The Morgan fingerprint density at radius 1 is 1.56 bits per heavy atom. The summed E-state index contributed by atoms with van der Waals surface area (Å²) in [6.45, 7) is 4.32. The van der Waals surface area contributed by atoms with Gasteiger partial charge in [-0.15, -0.1) is 0 Å². The van der Waals surface area contributed by atoms with Crippen molar-refractivity contribution in [3.63, 3.8) is 0 Å². The Morgan fingerprint density at radius 2 is 2.44 bits per heavy atom. The van der Waals surface area contributed by atoms with E-state index in [4.69, 9.17) is 9.47 Å². The third-order valence-electron chi connectivity index (χ3n) is 2.52. The molecule has 1 aromatic rings. The molecule has 0 spiro atoms. The highest BCUT2D eigenvalue weighted by atomic mass is 79.9. The van der Waals surface area contributed by atoms with Gasteiger partial charge in [0.15, 0.2) is 0 Å². The summed E-state index contributed by atoms with van der Waals surface area (Å²) in [7, 11) is 0. The molecule has 1 aromatic carbocycles. The summed E-state index contributed by atoms with van der Waals surface area (Å²) in [4.78, 5) is 0. The number of rotatable bonds is 3. The van der Waals surface area contributed by atoms with E-state index in [2.05, 4.69) is 28.2 Å². The molecule has 1 fully saturated rings. The molecule has 4 heteroatoms. The summed E-state index contributed by atoms with van der Waals surface area (Å²) in [6, 6.07) is 8.15. The standard InChI is InChI=1S/C12H16BrNO2/c1-9-6-14-11(7-15-9)8-16-12-4-2-3-10(13)5-12/h2-5,9,11,14H,6-8H2,1H3. The quantitative estimate of drug-likeness (QED) is 0.924. The number of morpholine rings is 1. The van der Waals surface area contributed by atoms with Crippen LogP contribution >= 0.6 is 15.9 Å². The van der Waals surface area contributed by atoms with Crippen molar-refractivity contribution in [2.24, 2.45) is 0 Å². The Morgan fingerprint density at radius 3 is 3.12 bits per heavy atom. The van der Waals surface area contributed by atoms with Crippen LogP contribution in [-0.2, 0) is 4.74 Å². The largest absolute Gasteiger partial charge is 0.492 e. The molecular formula is C12H16BrNO2. The van der Waals surface area contributed by atoms with Crippen LogP contribution in [0.2, 0.25) is 0 Å². The minimum absolute atomic E-state index is 0.287. The van der Waals surface area contributed by atoms with Crippen LogP contribution in [0.1, 0.15) is 6.92 Å². The van der Waals surface area contributed by atoms with Crippen LogP contribution in [0, 0.1) is 0 Å². The van der Waals surface area contributed by atoms with Gasteiger partial charge in [0.05, 0.1) is 18.8 Å². The smallest absolute Gasteiger partial charge is 0.120 e. The molecule has 0 amide bonds. The summed E-state index contributed by atoms with van der Waals surface area (Å²) < 4.78 is 12.3. The molecule has 2 atom stereocenters. The number of hydrogen-bond donors (Lipinski definition) is 1. The van der Waals surface area contributed by atoms with E-state index < -0.39 is 0 Å². The topological polar surface area (TPSA) is 30.5 Å². The van der Waals surface area contributed by atoms with Gasteiger partial charge < -0.3 is 14.8 Å². The maximum Gasteiger partial charge on any atom is 0.120 e. The molecule has 1 aliphatic rings. The van der Waals surface area contributed by atoms with Gasteiger partial charge in [0.2, 0.25) is 0 Å². The zero-order valence-corrected chi connectivity index (χ0v) is 10.9. The van der Waals surface area contributed by atoms with E-state index in [1.165, 1.54) is 0 Å². The summed E-state index contributed by atoms with van der Waals surface area (Å²) in [5.41, 5.74) is 0. The van der Waals surface area contributed by atoms with Crippen molar-refractivity contribution in [1.29, 1.82) is 0 Å². The van der Waals surface area contributed by atoms with Crippen LogP contribution in [0.3, 0.4) is 0 Å². The van der Waals surface area contributed by atoms with Gasteiger partial charge >= 0.3 is 0 Å². The van der Waals surface area contributed by atoms with Gasteiger partial charge in [0.1, 0.15) is 12.4 Å². The average molecular weight is 286 g/mol. The van der Waals surface area contributed by atoms with Crippen LogP contribution in [0.25, 0.3) is 0 Å². The van der Waals surface area contributed by atoms with Crippen LogP contribution < -0.4 is 10.1 Å². The Kier molecular flexibility index (Phi) is 4.21. The van der Waals surface area contributed by atoms with Crippen molar-refractivity contribution in [3.05, 3.63) is 28.7 Å². The normalized spacial score (nSPS) is 25.4. The molecule has 1 N–H and O–H groups in total. The molecule has 88 valence electrons. The Labute approximate surface area is 104 Å². The van der Waals surface area contributed by atoms with Crippen molar-refractivity contribution < 1.29 is 9.47 Å². The van der Waals surface area contributed by atoms with Gasteiger partial charge in [-0.05, 0) is 25.1 Å². The lowest BCUT2D eigenvalue weighted by Crippen LogP contribution is -2.48. The van der Waals surface area contributed by atoms with Gasteiger partial charge in [-0.3, -0.25) is 0 Å². The van der Waals surface area contributed by atoms with Gasteiger partial charge in [0, 0.05) is 11.0 Å². The molecule has 2 unspecified atom stereocenters. The predicted octanol–water partition coefficient (Wildman–Crippen LogP) is 2.20. The fourth-order valence-corrected chi connectivity index (χ4v) is 1.97. The van der Waals surface area contributed by atoms with Crippen LogP contribution in [0.5, 0.6) is 5.75 Å². The Balaban J connectivity index is 1.79. The number of nitrogens with one attached hydrogen (secondary N) is 1. The molecule has 1 saturated heterocycles. The molecule has 16 heavy (non-hydrogen) atoms. The lowest BCUT2D eigenvalue weighted by molar-refractivity contribution is 0.00456. The monoisotopic (exact) mass is 285 g/mol. The molecule has 0 aliphatic carbocycles. The molecular weight excluding hydrogens is 270 g/mol. The zero-order chi connectivity index (χ0) is 11.4. The number of hydrogen-bond acceptors (Lipinski definition) is 3. The fraction of sp³-hybridized carbons (Fsp3) is 0.500. The third-order valence-corrected chi connectivity index (χ3v) is 3.02. The van der Waals surface area contributed by atoms with Crippen LogP contribution in [0.4, 0.5) is 0 Å². The van der Waals surface area contributed by atoms with Gasteiger partial charge in [0.25, 0.3) is 0 Å². The first-order chi connectivity index (χ1) is 7.74. The van der Waals surface area contributed by atoms with Gasteiger partial charge in [-0.1, -0.05) is 22.0 Å². The van der Waals surface area contributed by atoms with E-state index in [1.807, 2.05) is 24.3 Å². The van der Waals surface area contributed by atoms with E-state index in [-0.39, 0.29) is 6.04 Å². The first-order valence-corrected chi connectivity index (χ1v) is 6.26. The van der Waals surface area contributed by atoms with E-state index >= 15 is 0 Å². The maximum absolute atomic E-state index is 5.69. The third kappa shape index (κ3) is 3.47. The number of benzene rings is 1.